The zero-order valence-electron chi connectivity index (χ0n) is 13.0. The van der Waals surface area contributed by atoms with Crippen molar-refractivity contribution in [2.75, 3.05) is 6.54 Å². The molecule has 1 saturated heterocycles. The quantitative estimate of drug-likeness (QED) is 0.902. The Morgan fingerprint density at radius 2 is 1.71 bits per heavy atom. The Labute approximate surface area is 127 Å². The van der Waals surface area contributed by atoms with Crippen LogP contribution in [0.1, 0.15) is 62.2 Å². The van der Waals surface area contributed by atoms with Gasteiger partial charge in [-0.2, -0.15) is 0 Å². The summed E-state index contributed by atoms with van der Waals surface area (Å²) in [6, 6.07) is 8.84. The summed E-state index contributed by atoms with van der Waals surface area (Å²) in [6.45, 7) is 2.62. The molecule has 0 aromatic heterocycles. The van der Waals surface area contributed by atoms with E-state index in [1.54, 1.807) is 0 Å². The topological polar surface area (TPSA) is 32.3 Å². The van der Waals surface area contributed by atoms with Crippen molar-refractivity contribution in [2.24, 2.45) is 0 Å². The van der Waals surface area contributed by atoms with E-state index in [0.29, 0.717) is 12.6 Å². The Morgan fingerprint density at radius 3 is 2.43 bits per heavy atom. The smallest absolute Gasteiger partial charge is 0.238 e. The van der Waals surface area contributed by atoms with Gasteiger partial charge in [-0.3, -0.25) is 10.1 Å². The Hall–Kier alpha value is -1.35. The summed E-state index contributed by atoms with van der Waals surface area (Å²) in [5.41, 5.74) is 2.52. The van der Waals surface area contributed by atoms with Crippen LogP contribution in [-0.2, 0) is 4.79 Å². The monoisotopic (exact) mass is 286 g/mol. The third-order valence-electron chi connectivity index (χ3n) is 4.96. The number of carbonyl (C=O) groups excluding carboxylic acids is 1. The number of nitrogens with one attached hydrogen (secondary N) is 1. The minimum Gasteiger partial charge on any atom is -0.319 e. The fourth-order valence-electron chi connectivity index (χ4n) is 3.80. The van der Waals surface area contributed by atoms with Gasteiger partial charge in [0.05, 0.1) is 6.54 Å². The molecule has 1 aromatic carbocycles. The summed E-state index contributed by atoms with van der Waals surface area (Å²) in [7, 11) is 0. The van der Waals surface area contributed by atoms with Crippen molar-refractivity contribution in [3.8, 4) is 0 Å². The van der Waals surface area contributed by atoms with Crippen LogP contribution in [0.15, 0.2) is 24.3 Å². The highest BCUT2D eigenvalue weighted by atomic mass is 16.2. The van der Waals surface area contributed by atoms with Gasteiger partial charge >= 0.3 is 0 Å². The van der Waals surface area contributed by atoms with Gasteiger partial charge in [-0.1, -0.05) is 56.4 Å². The molecule has 3 rings (SSSR count). The van der Waals surface area contributed by atoms with Gasteiger partial charge in [-0.15, -0.1) is 0 Å². The molecule has 3 nitrogen and oxygen atoms in total. The van der Waals surface area contributed by atoms with Crippen molar-refractivity contribution < 1.29 is 4.79 Å². The first-order valence-corrected chi connectivity index (χ1v) is 8.37. The van der Waals surface area contributed by atoms with Crippen molar-refractivity contribution in [1.82, 2.24) is 10.2 Å². The summed E-state index contributed by atoms with van der Waals surface area (Å²) in [5, 5.41) is 3.42. The van der Waals surface area contributed by atoms with Crippen LogP contribution in [0.2, 0.25) is 0 Å². The number of aryl methyl sites for hydroxylation is 1. The predicted octanol–water partition coefficient (Wildman–Crippen LogP) is 3.54. The van der Waals surface area contributed by atoms with E-state index in [1.165, 1.54) is 43.2 Å². The highest BCUT2D eigenvalue weighted by molar-refractivity contribution is 5.81. The lowest BCUT2D eigenvalue weighted by Gasteiger charge is -2.34. The van der Waals surface area contributed by atoms with Crippen LogP contribution in [0.25, 0.3) is 0 Å². The van der Waals surface area contributed by atoms with Gasteiger partial charge in [0.1, 0.15) is 6.17 Å². The average Bonchev–Trinajstić information content (AvgIpc) is 2.81. The summed E-state index contributed by atoms with van der Waals surface area (Å²) in [4.78, 5) is 14.6. The molecule has 1 aromatic rings. The fraction of sp³-hybridized carbons (Fsp3) is 0.611. The first-order chi connectivity index (χ1) is 10.3. The molecule has 0 spiro atoms. The number of hydrogen-bond donors (Lipinski definition) is 1. The molecule has 21 heavy (non-hydrogen) atoms. The molecule has 1 amide bonds. The van der Waals surface area contributed by atoms with Gasteiger partial charge in [-0.25, -0.2) is 0 Å². The molecule has 1 saturated carbocycles. The van der Waals surface area contributed by atoms with Gasteiger partial charge in [0, 0.05) is 6.04 Å². The molecule has 1 atom stereocenters. The number of carbonyl (C=O) groups is 1. The molecule has 1 unspecified atom stereocenters. The summed E-state index contributed by atoms with van der Waals surface area (Å²) in [6.07, 6.45) is 8.92. The van der Waals surface area contributed by atoms with Crippen molar-refractivity contribution in [3.05, 3.63) is 35.4 Å². The molecule has 0 bridgehead atoms. The summed E-state index contributed by atoms with van der Waals surface area (Å²) in [5.74, 6) is 0.272. The van der Waals surface area contributed by atoms with Crippen LogP contribution in [0.3, 0.4) is 0 Å². The lowest BCUT2D eigenvalue weighted by molar-refractivity contribution is -0.130. The van der Waals surface area contributed by atoms with Crippen LogP contribution in [0.5, 0.6) is 0 Å². The molecule has 114 valence electrons. The predicted molar refractivity (Wildman–Crippen MR) is 84.9 cm³/mol. The lowest BCUT2D eigenvalue weighted by atomic mass is 9.94. The van der Waals surface area contributed by atoms with E-state index in [-0.39, 0.29) is 12.1 Å². The Morgan fingerprint density at radius 1 is 1.05 bits per heavy atom. The maximum Gasteiger partial charge on any atom is 0.238 e. The number of amides is 1. The summed E-state index contributed by atoms with van der Waals surface area (Å²) < 4.78 is 0. The Kier molecular flexibility index (Phi) is 4.59. The van der Waals surface area contributed by atoms with Crippen LogP contribution < -0.4 is 5.32 Å². The molecule has 2 fully saturated rings. The molecule has 1 aliphatic heterocycles. The second-order valence-corrected chi connectivity index (χ2v) is 6.44. The van der Waals surface area contributed by atoms with E-state index in [2.05, 4.69) is 41.4 Å². The van der Waals surface area contributed by atoms with Gasteiger partial charge in [0.2, 0.25) is 5.91 Å². The van der Waals surface area contributed by atoms with Crippen LogP contribution in [0.4, 0.5) is 0 Å². The number of hydrogen-bond acceptors (Lipinski definition) is 2. The van der Waals surface area contributed by atoms with E-state index in [0.717, 1.165) is 12.8 Å². The second-order valence-electron chi connectivity index (χ2n) is 6.44. The maximum atomic E-state index is 12.4. The van der Waals surface area contributed by atoms with Gasteiger partial charge in [0.25, 0.3) is 0 Å². The zero-order chi connectivity index (χ0) is 14.7. The molecular formula is C18H26N2O. The second kappa shape index (κ2) is 6.61. The molecule has 1 aliphatic carbocycles. The largest absolute Gasteiger partial charge is 0.319 e. The highest BCUT2D eigenvalue weighted by Crippen LogP contribution is 2.31. The fourth-order valence-corrected chi connectivity index (χ4v) is 3.80. The highest BCUT2D eigenvalue weighted by Gasteiger charge is 2.36. The van der Waals surface area contributed by atoms with Gasteiger partial charge < -0.3 is 4.90 Å². The summed E-state index contributed by atoms with van der Waals surface area (Å²) >= 11 is 0. The van der Waals surface area contributed by atoms with Crippen LogP contribution in [0, 0.1) is 6.92 Å². The normalized spacial score (nSPS) is 24.9. The maximum absolute atomic E-state index is 12.4. The molecule has 2 aliphatic rings. The molecular weight excluding hydrogens is 260 g/mol. The van der Waals surface area contributed by atoms with Gasteiger partial charge in [0.15, 0.2) is 0 Å². The first kappa shape index (κ1) is 14.6. The van der Waals surface area contributed by atoms with Crippen molar-refractivity contribution >= 4 is 5.91 Å². The Bertz CT molecular complexity index is 492. The van der Waals surface area contributed by atoms with Crippen molar-refractivity contribution in [1.29, 1.82) is 0 Å². The molecule has 1 N–H and O–H groups in total. The molecule has 1 heterocycles. The van der Waals surface area contributed by atoms with E-state index in [4.69, 9.17) is 0 Å². The SMILES string of the molecule is Cc1ccccc1C1NCC(=O)N1C1CCCCCCC1. The third kappa shape index (κ3) is 3.13. The minimum absolute atomic E-state index is 0.0723. The number of rotatable bonds is 2. The van der Waals surface area contributed by atoms with E-state index < -0.39 is 0 Å². The van der Waals surface area contributed by atoms with E-state index in [9.17, 15) is 4.79 Å². The third-order valence-corrected chi connectivity index (χ3v) is 4.96. The van der Waals surface area contributed by atoms with Crippen LogP contribution in [-0.4, -0.2) is 23.4 Å². The number of nitrogens with zero attached hydrogens (tertiary/aromatic N) is 1. The van der Waals surface area contributed by atoms with Crippen molar-refractivity contribution in [3.63, 3.8) is 0 Å². The zero-order valence-corrected chi connectivity index (χ0v) is 13.0. The van der Waals surface area contributed by atoms with Crippen LogP contribution >= 0.6 is 0 Å². The molecule has 0 radical (unpaired) electrons. The Balaban J connectivity index is 1.83. The van der Waals surface area contributed by atoms with Crippen molar-refractivity contribution in [2.45, 2.75) is 64.1 Å². The minimum atomic E-state index is 0.0723. The van der Waals surface area contributed by atoms with E-state index >= 15 is 0 Å². The lowest BCUT2D eigenvalue weighted by Crippen LogP contribution is -2.40. The number of benzene rings is 1. The first-order valence-electron chi connectivity index (χ1n) is 8.37. The molecule has 3 heteroatoms. The van der Waals surface area contributed by atoms with E-state index in [1.807, 2.05) is 0 Å². The standard InChI is InChI=1S/C18H26N2O/c1-14-9-7-8-12-16(14)18-19-13-17(21)20(18)15-10-5-3-2-4-6-11-15/h7-9,12,15,18-19H,2-6,10-11,13H2,1H3. The van der Waals surface area contributed by atoms with Gasteiger partial charge in [-0.05, 0) is 30.9 Å². The average molecular weight is 286 g/mol.